The minimum atomic E-state index is -2.59. The van der Waals surface area contributed by atoms with Crippen LogP contribution in [0.25, 0.3) is 0 Å². The number of carbonyl (C=O) groups is 1. The van der Waals surface area contributed by atoms with E-state index in [0.29, 0.717) is 18.9 Å². The number of urea groups is 1. The predicted octanol–water partition coefficient (Wildman–Crippen LogP) is 2.26. The van der Waals surface area contributed by atoms with Crippen molar-refractivity contribution < 1.29 is 13.6 Å². The Morgan fingerprint density at radius 2 is 2.40 bits per heavy atom. The summed E-state index contributed by atoms with van der Waals surface area (Å²) in [6.45, 7) is 1.37. The standard InChI is InChI=1S/C13H20F2N4O/c1-10-3-2-7-18(9-10)13(20)17-5-4-11-16-6-8-19(11)12(14)15/h6,8,10,12H,2-5,7,9H2,1H3,(H,17,20). The smallest absolute Gasteiger partial charge is 0.319 e. The first-order valence-corrected chi connectivity index (χ1v) is 6.90. The number of rotatable bonds is 4. The van der Waals surface area contributed by atoms with Crippen LogP contribution in [0.1, 0.15) is 32.1 Å². The molecule has 1 aromatic rings. The van der Waals surface area contributed by atoms with Crippen molar-refractivity contribution in [3.63, 3.8) is 0 Å². The summed E-state index contributed by atoms with van der Waals surface area (Å²) in [5, 5.41) is 2.77. The van der Waals surface area contributed by atoms with E-state index in [2.05, 4.69) is 17.2 Å². The quantitative estimate of drug-likeness (QED) is 0.923. The van der Waals surface area contributed by atoms with Gasteiger partial charge in [0.25, 0.3) is 0 Å². The summed E-state index contributed by atoms with van der Waals surface area (Å²) < 4.78 is 26.0. The third-order valence-electron chi connectivity index (χ3n) is 3.53. The van der Waals surface area contributed by atoms with Gasteiger partial charge in [-0.1, -0.05) is 6.92 Å². The Bertz CT molecular complexity index is 449. The number of nitrogens with zero attached hydrogens (tertiary/aromatic N) is 3. The summed E-state index contributed by atoms with van der Waals surface area (Å²) in [5.74, 6) is 0.805. The third kappa shape index (κ3) is 3.68. The molecule has 7 heteroatoms. The minimum Gasteiger partial charge on any atom is -0.338 e. The molecule has 20 heavy (non-hydrogen) atoms. The zero-order chi connectivity index (χ0) is 14.5. The molecular weight excluding hydrogens is 266 g/mol. The zero-order valence-corrected chi connectivity index (χ0v) is 11.6. The molecule has 1 fully saturated rings. The molecule has 1 aliphatic rings. The first-order valence-electron chi connectivity index (χ1n) is 6.90. The maximum atomic E-state index is 12.6. The Kier molecular flexibility index (Phi) is 4.92. The van der Waals surface area contributed by atoms with Gasteiger partial charge in [-0.3, -0.25) is 4.57 Å². The second-order valence-corrected chi connectivity index (χ2v) is 5.20. The molecule has 0 saturated carbocycles. The second-order valence-electron chi connectivity index (χ2n) is 5.20. The molecule has 1 saturated heterocycles. The number of hydrogen-bond acceptors (Lipinski definition) is 2. The molecule has 1 aliphatic heterocycles. The molecule has 112 valence electrons. The molecule has 2 amide bonds. The summed E-state index contributed by atoms with van der Waals surface area (Å²) in [7, 11) is 0. The van der Waals surface area contributed by atoms with Crippen LogP contribution in [-0.2, 0) is 6.42 Å². The van der Waals surface area contributed by atoms with Crippen molar-refractivity contribution >= 4 is 6.03 Å². The van der Waals surface area contributed by atoms with E-state index in [9.17, 15) is 13.6 Å². The fourth-order valence-electron chi connectivity index (χ4n) is 2.48. The van der Waals surface area contributed by atoms with Crippen molar-refractivity contribution in [2.24, 2.45) is 5.92 Å². The zero-order valence-electron chi connectivity index (χ0n) is 11.6. The first-order chi connectivity index (χ1) is 9.58. The van der Waals surface area contributed by atoms with Gasteiger partial charge in [0, 0.05) is 38.4 Å². The first kappa shape index (κ1) is 14.7. The Morgan fingerprint density at radius 1 is 1.60 bits per heavy atom. The molecule has 2 rings (SSSR count). The monoisotopic (exact) mass is 286 g/mol. The number of carbonyl (C=O) groups excluding carboxylic acids is 1. The number of aromatic nitrogens is 2. The summed E-state index contributed by atoms with van der Waals surface area (Å²) in [6, 6.07) is -0.119. The fourth-order valence-corrected chi connectivity index (χ4v) is 2.48. The van der Waals surface area contributed by atoms with E-state index in [4.69, 9.17) is 0 Å². The maximum absolute atomic E-state index is 12.6. The lowest BCUT2D eigenvalue weighted by atomic mass is 10.0. The Labute approximate surface area is 117 Å². The maximum Gasteiger partial charge on any atom is 0.319 e. The molecule has 5 nitrogen and oxygen atoms in total. The molecule has 1 aromatic heterocycles. The molecule has 1 N–H and O–H groups in total. The van der Waals surface area contributed by atoms with E-state index in [0.717, 1.165) is 30.5 Å². The average molecular weight is 286 g/mol. The highest BCUT2D eigenvalue weighted by molar-refractivity contribution is 5.74. The predicted molar refractivity (Wildman–Crippen MR) is 70.6 cm³/mol. The van der Waals surface area contributed by atoms with Crippen molar-refractivity contribution in [2.75, 3.05) is 19.6 Å². The number of halogens is 2. The van der Waals surface area contributed by atoms with Crippen LogP contribution in [0.2, 0.25) is 0 Å². The number of nitrogens with one attached hydrogen (secondary N) is 1. The average Bonchev–Trinajstić information content (AvgIpc) is 2.87. The van der Waals surface area contributed by atoms with Gasteiger partial charge in [0.15, 0.2) is 0 Å². The molecule has 1 atom stereocenters. The summed E-state index contributed by atoms with van der Waals surface area (Å²) in [5.41, 5.74) is 0. The van der Waals surface area contributed by atoms with E-state index in [-0.39, 0.29) is 11.9 Å². The van der Waals surface area contributed by atoms with Crippen LogP contribution in [0.15, 0.2) is 12.4 Å². The largest absolute Gasteiger partial charge is 0.338 e. The van der Waals surface area contributed by atoms with Gasteiger partial charge in [0.1, 0.15) is 5.82 Å². The summed E-state index contributed by atoms with van der Waals surface area (Å²) in [4.78, 5) is 17.6. The van der Waals surface area contributed by atoms with Crippen molar-refractivity contribution in [3.05, 3.63) is 18.2 Å². The number of imidazole rings is 1. The Hall–Kier alpha value is -1.66. The topological polar surface area (TPSA) is 50.2 Å². The van der Waals surface area contributed by atoms with Crippen molar-refractivity contribution in [2.45, 2.75) is 32.7 Å². The lowest BCUT2D eigenvalue weighted by Crippen LogP contribution is -2.45. The molecule has 2 heterocycles. The van der Waals surface area contributed by atoms with Gasteiger partial charge >= 0.3 is 12.6 Å². The van der Waals surface area contributed by atoms with Crippen molar-refractivity contribution in [1.29, 1.82) is 0 Å². The highest BCUT2D eigenvalue weighted by Crippen LogP contribution is 2.15. The second kappa shape index (κ2) is 6.67. The van der Waals surface area contributed by atoms with Crippen LogP contribution in [0.4, 0.5) is 13.6 Å². The van der Waals surface area contributed by atoms with E-state index < -0.39 is 6.55 Å². The van der Waals surface area contributed by atoms with Crippen LogP contribution in [0, 0.1) is 5.92 Å². The van der Waals surface area contributed by atoms with Gasteiger partial charge in [0.2, 0.25) is 0 Å². The van der Waals surface area contributed by atoms with E-state index in [1.54, 1.807) is 4.90 Å². The van der Waals surface area contributed by atoms with Gasteiger partial charge in [-0.15, -0.1) is 0 Å². The van der Waals surface area contributed by atoms with Gasteiger partial charge in [-0.05, 0) is 18.8 Å². The van der Waals surface area contributed by atoms with Crippen LogP contribution >= 0.6 is 0 Å². The molecule has 1 unspecified atom stereocenters. The van der Waals surface area contributed by atoms with Gasteiger partial charge < -0.3 is 10.2 Å². The van der Waals surface area contributed by atoms with Crippen molar-refractivity contribution in [3.8, 4) is 0 Å². The molecular formula is C13H20F2N4O. The number of alkyl halides is 2. The molecule has 0 bridgehead atoms. The van der Waals surface area contributed by atoms with Crippen LogP contribution in [0.3, 0.4) is 0 Å². The van der Waals surface area contributed by atoms with Crippen LogP contribution < -0.4 is 5.32 Å². The van der Waals surface area contributed by atoms with Gasteiger partial charge in [-0.25, -0.2) is 9.78 Å². The third-order valence-corrected chi connectivity index (χ3v) is 3.53. The van der Waals surface area contributed by atoms with Crippen LogP contribution in [-0.4, -0.2) is 40.1 Å². The Morgan fingerprint density at radius 3 is 3.10 bits per heavy atom. The van der Waals surface area contributed by atoms with Crippen molar-refractivity contribution in [1.82, 2.24) is 19.8 Å². The van der Waals surface area contributed by atoms with Gasteiger partial charge in [0.05, 0.1) is 0 Å². The number of likely N-dealkylation sites (tertiary alicyclic amines) is 1. The molecule has 0 spiro atoms. The molecule has 0 aromatic carbocycles. The minimum absolute atomic E-state index is 0.119. The Balaban J connectivity index is 1.77. The van der Waals surface area contributed by atoms with Crippen LogP contribution in [0.5, 0.6) is 0 Å². The van der Waals surface area contributed by atoms with E-state index in [1.807, 2.05) is 0 Å². The number of hydrogen-bond donors (Lipinski definition) is 1. The SMILES string of the molecule is CC1CCCN(C(=O)NCCc2nccn2C(F)F)C1. The van der Waals surface area contributed by atoms with Gasteiger partial charge in [-0.2, -0.15) is 8.78 Å². The summed E-state index contributed by atoms with van der Waals surface area (Å²) >= 11 is 0. The highest BCUT2D eigenvalue weighted by atomic mass is 19.3. The fraction of sp³-hybridized carbons (Fsp3) is 0.692. The lowest BCUT2D eigenvalue weighted by molar-refractivity contribution is 0.0670. The normalized spacial score (nSPS) is 19.4. The number of amides is 2. The van der Waals surface area contributed by atoms with E-state index in [1.165, 1.54) is 12.4 Å². The summed E-state index contributed by atoms with van der Waals surface area (Å²) in [6.07, 6.45) is 5.05. The number of piperidine rings is 1. The van der Waals surface area contributed by atoms with E-state index >= 15 is 0 Å². The molecule has 0 radical (unpaired) electrons. The lowest BCUT2D eigenvalue weighted by Gasteiger charge is -2.30. The highest BCUT2D eigenvalue weighted by Gasteiger charge is 2.20. The molecule has 0 aliphatic carbocycles.